The van der Waals surface area contributed by atoms with E-state index in [1.165, 1.54) is 0 Å². The van der Waals surface area contributed by atoms with Crippen molar-refractivity contribution in [1.82, 2.24) is 15.0 Å². The molecule has 134 valence electrons. The topological polar surface area (TPSA) is 81.6 Å². The number of rotatable bonds is 3. The summed E-state index contributed by atoms with van der Waals surface area (Å²) < 4.78 is 16.6. The van der Waals surface area contributed by atoms with Crippen LogP contribution in [0.5, 0.6) is 0 Å². The smallest absolute Gasteiger partial charge is 0.229 e. The number of fused-ring (bicyclic) bond motifs is 2. The highest BCUT2D eigenvalue weighted by atomic mass is 16.5. The third kappa shape index (κ3) is 2.68. The average Bonchev–Trinajstić information content (AvgIpc) is 3.40. The second-order valence-corrected chi connectivity index (χ2v) is 6.85. The van der Waals surface area contributed by atoms with E-state index in [2.05, 4.69) is 10.1 Å². The highest BCUT2D eigenvalue weighted by Gasteiger charge is 2.29. The van der Waals surface area contributed by atoms with E-state index < -0.39 is 0 Å². The number of carbonyl (C=O) groups excluding carboxylic acids is 1. The van der Waals surface area contributed by atoms with Crippen LogP contribution in [0, 0.1) is 0 Å². The SMILES string of the molecule is O=C(Cc1noc2ccccc12)N1CCc2oc(C3CCOC3)nc2C1. The molecular formula is C19H19N3O4. The summed E-state index contributed by atoms with van der Waals surface area (Å²) in [7, 11) is 0. The van der Waals surface area contributed by atoms with Crippen LogP contribution in [0.2, 0.25) is 0 Å². The number of para-hydroxylation sites is 1. The molecule has 26 heavy (non-hydrogen) atoms. The van der Waals surface area contributed by atoms with Crippen LogP contribution in [-0.4, -0.2) is 40.7 Å². The quantitative estimate of drug-likeness (QED) is 0.719. The molecule has 2 aliphatic heterocycles. The van der Waals surface area contributed by atoms with Gasteiger partial charge in [0.05, 0.1) is 25.5 Å². The number of hydrogen-bond acceptors (Lipinski definition) is 6. The number of carbonyl (C=O) groups is 1. The summed E-state index contributed by atoms with van der Waals surface area (Å²) >= 11 is 0. The van der Waals surface area contributed by atoms with Crippen molar-refractivity contribution in [3.05, 3.63) is 47.3 Å². The van der Waals surface area contributed by atoms with Crippen LogP contribution in [0.4, 0.5) is 0 Å². The Labute approximate surface area is 149 Å². The van der Waals surface area contributed by atoms with Gasteiger partial charge < -0.3 is 18.6 Å². The van der Waals surface area contributed by atoms with Crippen LogP contribution < -0.4 is 0 Å². The van der Waals surface area contributed by atoms with Crippen LogP contribution in [0.25, 0.3) is 11.0 Å². The van der Waals surface area contributed by atoms with E-state index in [0.29, 0.717) is 37.4 Å². The Hall–Kier alpha value is -2.67. The number of amides is 1. The van der Waals surface area contributed by atoms with Crippen molar-refractivity contribution >= 4 is 16.9 Å². The zero-order chi connectivity index (χ0) is 17.5. The van der Waals surface area contributed by atoms with E-state index in [1.54, 1.807) is 0 Å². The summed E-state index contributed by atoms with van der Waals surface area (Å²) in [5, 5.41) is 4.95. The Morgan fingerprint density at radius 1 is 1.31 bits per heavy atom. The van der Waals surface area contributed by atoms with Gasteiger partial charge in [-0.15, -0.1) is 0 Å². The molecule has 5 rings (SSSR count). The van der Waals surface area contributed by atoms with Crippen molar-refractivity contribution in [2.45, 2.75) is 31.7 Å². The Morgan fingerprint density at radius 2 is 2.23 bits per heavy atom. The molecule has 1 atom stereocenters. The molecule has 3 aromatic rings. The van der Waals surface area contributed by atoms with E-state index in [1.807, 2.05) is 29.2 Å². The van der Waals surface area contributed by atoms with Crippen molar-refractivity contribution in [3.8, 4) is 0 Å². The van der Waals surface area contributed by atoms with Crippen molar-refractivity contribution in [1.29, 1.82) is 0 Å². The van der Waals surface area contributed by atoms with Crippen LogP contribution in [0.1, 0.15) is 35.4 Å². The second kappa shape index (κ2) is 6.25. The summed E-state index contributed by atoms with van der Waals surface area (Å²) in [5.41, 5.74) is 2.26. The molecule has 2 aliphatic rings. The molecule has 0 bridgehead atoms. The first kappa shape index (κ1) is 15.6. The molecule has 4 heterocycles. The molecule has 1 fully saturated rings. The summed E-state index contributed by atoms with van der Waals surface area (Å²) in [6.07, 6.45) is 1.87. The second-order valence-electron chi connectivity index (χ2n) is 6.85. The monoisotopic (exact) mass is 353 g/mol. The molecule has 1 aromatic carbocycles. The summed E-state index contributed by atoms with van der Waals surface area (Å²) in [4.78, 5) is 19.2. The van der Waals surface area contributed by atoms with Crippen LogP contribution in [0.3, 0.4) is 0 Å². The number of benzene rings is 1. The lowest BCUT2D eigenvalue weighted by Gasteiger charge is -2.25. The number of nitrogens with zero attached hydrogens (tertiary/aromatic N) is 3. The molecule has 2 aromatic heterocycles. The maximum atomic E-state index is 12.7. The minimum Gasteiger partial charge on any atom is -0.445 e. The maximum absolute atomic E-state index is 12.7. The van der Waals surface area contributed by atoms with E-state index in [4.69, 9.17) is 13.7 Å². The van der Waals surface area contributed by atoms with Crippen molar-refractivity contribution in [3.63, 3.8) is 0 Å². The zero-order valence-electron chi connectivity index (χ0n) is 14.3. The average molecular weight is 353 g/mol. The third-order valence-electron chi connectivity index (χ3n) is 5.15. The van der Waals surface area contributed by atoms with Gasteiger partial charge in [-0.25, -0.2) is 4.98 Å². The molecule has 0 saturated carbocycles. The molecule has 7 heteroatoms. The minimum atomic E-state index is 0.0310. The summed E-state index contributed by atoms with van der Waals surface area (Å²) in [6.45, 7) is 2.55. The molecule has 1 amide bonds. The van der Waals surface area contributed by atoms with E-state index in [9.17, 15) is 4.79 Å². The van der Waals surface area contributed by atoms with Gasteiger partial charge in [0.15, 0.2) is 11.5 Å². The number of ether oxygens (including phenoxy) is 1. The Bertz CT molecular complexity index is 955. The first-order valence-corrected chi connectivity index (χ1v) is 8.95. The van der Waals surface area contributed by atoms with E-state index in [-0.39, 0.29) is 18.2 Å². The van der Waals surface area contributed by atoms with Gasteiger partial charge in [-0.3, -0.25) is 4.79 Å². The van der Waals surface area contributed by atoms with Crippen molar-refractivity contribution < 1.29 is 18.5 Å². The largest absolute Gasteiger partial charge is 0.445 e. The predicted molar refractivity (Wildman–Crippen MR) is 91.5 cm³/mol. The standard InChI is InChI=1S/C19H19N3O4/c23-18(9-14-13-3-1-2-4-16(13)26-21-14)22-7-5-17-15(10-22)20-19(25-17)12-6-8-24-11-12/h1-4,12H,5-11H2. The lowest BCUT2D eigenvalue weighted by Crippen LogP contribution is -2.36. The minimum absolute atomic E-state index is 0.0310. The van der Waals surface area contributed by atoms with Gasteiger partial charge in [0.1, 0.15) is 17.1 Å². The van der Waals surface area contributed by atoms with Crippen LogP contribution in [0.15, 0.2) is 33.2 Å². The first-order chi connectivity index (χ1) is 12.8. The molecule has 0 aliphatic carbocycles. The number of hydrogen-bond donors (Lipinski definition) is 0. The molecule has 0 N–H and O–H groups in total. The van der Waals surface area contributed by atoms with Crippen molar-refractivity contribution in [2.75, 3.05) is 19.8 Å². The lowest BCUT2D eigenvalue weighted by molar-refractivity contribution is -0.131. The highest BCUT2D eigenvalue weighted by molar-refractivity contribution is 5.86. The third-order valence-corrected chi connectivity index (χ3v) is 5.15. The van der Waals surface area contributed by atoms with E-state index >= 15 is 0 Å². The Morgan fingerprint density at radius 3 is 3.12 bits per heavy atom. The molecule has 1 unspecified atom stereocenters. The number of oxazole rings is 1. The maximum Gasteiger partial charge on any atom is 0.229 e. The van der Waals surface area contributed by atoms with Gasteiger partial charge in [0.2, 0.25) is 5.91 Å². The van der Waals surface area contributed by atoms with Gasteiger partial charge in [-0.1, -0.05) is 17.3 Å². The first-order valence-electron chi connectivity index (χ1n) is 8.95. The fraction of sp³-hybridized carbons (Fsp3) is 0.421. The fourth-order valence-corrected chi connectivity index (χ4v) is 3.66. The normalized spacial score (nSPS) is 19.8. The lowest BCUT2D eigenvalue weighted by atomic mass is 10.1. The van der Waals surface area contributed by atoms with Gasteiger partial charge in [-0.05, 0) is 18.6 Å². The molecule has 0 spiro atoms. The highest BCUT2D eigenvalue weighted by Crippen LogP contribution is 2.29. The van der Waals surface area contributed by atoms with Crippen LogP contribution in [-0.2, 0) is 28.9 Å². The molecule has 1 saturated heterocycles. The summed E-state index contributed by atoms with van der Waals surface area (Å²) in [5.74, 6) is 1.93. The Kier molecular flexibility index (Phi) is 3.74. The van der Waals surface area contributed by atoms with Gasteiger partial charge in [0, 0.05) is 25.0 Å². The molecule has 0 radical (unpaired) electrons. The summed E-state index contributed by atoms with van der Waals surface area (Å²) in [6, 6.07) is 7.59. The van der Waals surface area contributed by atoms with Gasteiger partial charge in [-0.2, -0.15) is 0 Å². The molecular weight excluding hydrogens is 334 g/mol. The van der Waals surface area contributed by atoms with E-state index in [0.717, 1.165) is 35.8 Å². The number of aromatic nitrogens is 2. The van der Waals surface area contributed by atoms with Gasteiger partial charge in [0.25, 0.3) is 0 Å². The Balaban J connectivity index is 1.31. The van der Waals surface area contributed by atoms with Crippen molar-refractivity contribution in [2.24, 2.45) is 0 Å². The molecule has 7 nitrogen and oxygen atoms in total. The van der Waals surface area contributed by atoms with Crippen LogP contribution >= 0.6 is 0 Å². The zero-order valence-corrected chi connectivity index (χ0v) is 14.3. The predicted octanol–water partition coefficient (Wildman–Crippen LogP) is 2.45. The van der Waals surface area contributed by atoms with Gasteiger partial charge >= 0.3 is 0 Å². The fourth-order valence-electron chi connectivity index (χ4n) is 3.66.